The van der Waals surface area contributed by atoms with Gasteiger partial charge < -0.3 is 5.73 Å². The van der Waals surface area contributed by atoms with Gasteiger partial charge in [-0.1, -0.05) is 11.6 Å². The second-order valence-electron chi connectivity index (χ2n) is 3.66. The van der Waals surface area contributed by atoms with Crippen molar-refractivity contribution in [1.82, 2.24) is 4.98 Å². The Morgan fingerprint density at radius 2 is 2.17 bits per heavy atom. The summed E-state index contributed by atoms with van der Waals surface area (Å²) in [5.41, 5.74) is 6.97. The van der Waals surface area contributed by atoms with Crippen molar-refractivity contribution in [3.63, 3.8) is 0 Å². The van der Waals surface area contributed by atoms with Gasteiger partial charge in [0, 0.05) is 17.3 Å². The van der Waals surface area contributed by atoms with Crippen LogP contribution in [0.3, 0.4) is 0 Å². The average molecular weight is 304 g/mol. The van der Waals surface area contributed by atoms with Gasteiger partial charge in [0.2, 0.25) is 0 Å². The number of nitrogens with two attached hydrogens (primary N) is 1. The molecule has 0 aliphatic rings. The normalized spacial score (nSPS) is 11.4. The zero-order chi connectivity index (χ0) is 13.3. The van der Waals surface area contributed by atoms with Crippen LogP contribution in [0, 0.1) is 6.92 Å². The highest BCUT2D eigenvalue weighted by Gasteiger charge is 2.18. The molecule has 18 heavy (non-hydrogen) atoms. The number of hydrogen-bond acceptors (Lipinski definition) is 5. The number of aryl methyl sites for hydroxylation is 1. The summed E-state index contributed by atoms with van der Waals surface area (Å²) in [6.45, 7) is 1.80. The molecule has 0 aliphatic heterocycles. The van der Waals surface area contributed by atoms with Crippen LogP contribution in [0.1, 0.15) is 5.56 Å². The summed E-state index contributed by atoms with van der Waals surface area (Å²) >= 11 is 6.88. The zero-order valence-corrected chi connectivity index (χ0v) is 11.7. The summed E-state index contributed by atoms with van der Waals surface area (Å²) < 4.78 is 26.6. The number of aromatic nitrogens is 1. The summed E-state index contributed by atoms with van der Waals surface area (Å²) in [4.78, 5) is 3.88. The highest BCUT2D eigenvalue weighted by molar-refractivity contribution is 7.94. The smallest absolute Gasteiger partial charge is 0.271 e. The highest BCUT2D eigenvalue weighted by atomic mass is 35.5. The van der Waals surface area contributed by atoms with Crippen molar-refractivity contribution in [1.29, 1.82) is 0 Å². The van der Waals surface area contributed by atoms with E-state index in [0.29, 0.717) is 5.69 Å². The first-order valence-corrected chi connectivity index (χ1v) is 7.61. The molecule has 5 nitrogen and oxygen atoms in total. The fourth-order valence-corrected chi connectivity index (χ4v) is 3.63. The molecule has 0 saturated carbocycles. The number of nitrogens with zero attached hydrogens (tertiary/aromatic N) is 1. The highest BCUT2D eigenvalue weighted by Crippen LogP contribution is 2.27. The summed E-state index contributed by atoms with van der Waals surface area (Å²) in [6.07, 6.45) is 1.56. The standard InChI is InChI=1S/C10H10ClN3O2S2/c1-6-2-8(10(11)13-4-6)14-18(15,16)9-3-7(12)5-17-9/h2-5,14H,12H2,1H3. The van der Waals surface area contributed by atoms with Gasteiger partial charge >= 0.3 is 0 Å². The van der Waals surface area contributed by atoms with Gasteiger partial charge in [-0.15, -0.1) is 11.3 Å². The molecule has 0 atom stereocenters. The summed E-state index contributed by atoms with van der Waals surface area (Å²) in [7, 11) is -3.67. The number of hydrogen-bond donors (Lipinski definition) is 2. The number of nitrogen functional groups attached to an aromatic ring is 1. The third kappa shape index (κ3) is 2.74. The van der Waals surface area contributed by atoms with Gasteiger partial charge in [0.05, 0.1) is 5.69 Å². The molecule has 2 rings (SSSR count). The molecule has 2 aromatic heterocycles. The van der Waals surface area contributed by atoms with Crippen molar-refractivity contribution in [2.24, 2.45) is 0 Å². The third-order valence-electron chi connectivity index (χ3n) is 2.08. The number of halogens is 1. The van der Waals surface area contributed by atoms with E-state index in [1.165, 1.54) is 6.07 Å². The van der Waals surface area contributed by atoms with Crippen LogP contribution in [0.5, 0.6) is 0 Å². The lowest BCUT2D eigenvalue weighted by molar-refractivity contribution is 0.603. The van der Waals surface area contributed by atoms with E-state index in [0.717, 1.165) is 16.9 Å². The van der Waals surface area contributed by atoms with E-state index < -0.39 is 10.0 Å². The van der Waals surface area contributed by atoms with E-state index in [2.05, 4.69) is 9.71 Å². The van der Waals surface area contributed by atoms with Gasteiger partial charge in [0.15, 0.2) is 5.15 Å². The Morgan fingerprint density at radius 3 is 2.78 bits per heavy atom. The molecule has 0 aliphatic carbocycles. The molecule has 0 spiro atoms. The van der Waals surface area contributed by atoms with Crippen molar-refractivity contribution in [2.75, 3.05) is 10.5 Å². The van der Waals surface area contributed by atoms with Crippen LogP contribution in [-0.2, 0) is 10.0 Å². The Bertz CT molecular complexity index is 682. The molecule has 0 saturated heterocycles. The van der Waals surface area contributed by atoms with Gasteiger partial charge in [0.25, 0.3) is 10.0 Å². The average Bonchev–Trinajstić information content (AvgIpc) is 2.71. The topological polar surface area (TPSA) is 85.1 Å². The summed E-state index contributed by atoms with van der Waals surface area (Å²) in [5.74, 6) is 0. The number of pyridine rings is 1. The van der Waals surface area contributed by atoms with Crippen LogP contribution in [-0.4, -0.2) is 13.4 Å². The Kier molecular flexibility index (Phi) is 3.47. The number of nitrogens with one attached hydrogen (secondary N) is 1. The maximum absolute atomic E-state index is 12.0. The second-order valence-corrected chi connectivity index (χ2v) is 6.83. The van der Waals surface area contributed by atoms with E-state index in [9.17, 15) is 8.42 Å². The van der Waals surface area contributed by atoms with E-state index in [4.69, 9.17) is 17.3 Å². The molecule has 2 heterocycles. The Balaban J connectivity index is 2.36. The Labute approximate surface area is 114 Å². The fourth-order valence-electron chi connectivity index (χ4n) is 1.29. The van der Waals surface area contributed by atoms with Gasteiger partial charge in [-0.3, -0.25) is 4.72 Å². The third-order valence-corrected chi connectivity index (χ3v) is 5.21. The fraction of sp³-hybridized carbons (Fsp3) is 0.100. The largest absolute Gasteiger partial charge is 0.398 e. The monoisotopic (exact) mass is 303 g/mol. The predicted molar refractivity (Wildman–Crippen MR) is 73.5 cm³/mol. The van der Waals surface area contributed by atoms with E-state index in [1.807, 2.05) is 0 Å². The molecule has 0 aromatic carbocycles. The molecule has 3 N–H and O–H groups in total. The predicted octanol–water partition coefficient (Wildman–Crippen LogP) is 2.49. The molecule has 8 heteroatoms. The quantitative estimate of drug-likeness (QED) is 0.853. The molecular formula is C10H10ClN3O2S2. The number of sulfonamides is 1. The second kappa shape index (κ2) is 4.75. The molecule has 96 valence electrons. The number of rotatable bonds is 3. The first kappa shape index (κ1) is 13.1. The van der Waals surface area contributed by atoms with E-state index in [1.54, 1.807) is 24.6 Å². The van der Waals surface area contributed by atoms with Gasteiger partial charge in [-0.2, -0.15) is 0 Å². The van der Waals surface area contributed by atoms with E-state index >= 15 is 0 Å². The lowest BCUT2D eigenvalue weighted by atomic mass is 10.3. The van der Waals surface area contributed by atoms with Gasteiger partial charge in [0.1, 0.15) is 4.21 Å². The molecule has 2 aromatic rings. The molecular weight excluding hydrogens is 294 g/mol. The minimum absolute atomic E-state index is 0.105. The van der Waals surface area contributed by atoms with Crippen LogP contribution in [0.4, 0.5) is 11.4 Å². The van der Waals surface area contributed by atoms with Crippen molar-refractivity contribution in [3.05, 3.63) is 34.4 Å². The first-order valence-electron chi connectivity index (χ1n) is 4.87. The Hall–Kier alpha value is -1.31. The van der Waals surface area contributed by atoms with Crippen LogP contribution in [0.25, 0.3) is 0 Å². The van der Waals surface area contributed by atoms with Crippen molar-refractivity contribution < 1.29 is 8.42 Å². The maximum Gasteiger partial charge on any atom is 0.271 e. The Morgan fingerprint density at radius 1 is 1.44 bits per heavy atom. The number of anilines is 2. The minimum Gasteiger partial charge on any atom is -0.398 e. The zero-order valence-electron chi connectivity index (χ0n) is 9.34. The van der Waals surface area contributed by atoms with Crippen molar-refractivity contribution in [3.8, 4) is 0 Å². The van der Waals surface area contributed by atoms with Crippen molar-refractivity contribution >= 4 is 44.3 Å². The molecule has 0 bridgehead atoms. The first-order chi connectivity index (χ1) is 8.38. The molecule has 0 fully saturated rings. The van der Waals surface area contributed by atoms with Crippen LogP contribution in [0.2, 0.25) is 5.15 Å². The van der Waals surface area contributed by atoms with Crippen LogP contribution in [0.15, 0.2) is 27.9 Å². The number of thiophene rings is 1. The minimum atomic E-state index is -3.67. The lowest BCUT2D eigenvalue weighted by Crippen LogP contribution is -2.12. The molecule has 0 unspecified atom stereocenters. The molecule has 0 amide bonds. The molecule has 0 radical (unpaired) electrons. The lowest BCUT2D eigenvalue weighted by Gasteiger charge is -2.08. The SMILES string of the molecule is Cc1cnc(Cl)c(NS(=O)(=O)c2cc(N)cs2)c1. The van der Waals surface area contributed by atoms with Crippen molar-refractivity contribution in [2.45, 2.75) is 11.1 Å². The summed E-state index contributed by atoms with van der Waals surface area (Å²) in [5, 5.41) is 1.67. The van der Waals surface area contributed by atoms with Crippen LogP contribution < -0.4 is 10.5 Å². The van der Waals surface area contributed by atoms with E-state index in [-0.39, 0.29) is 15.0 Å². The maximum atomic E-state index is 12.0. The van der Waals surface area contributed by atoms with Gasteiger partial charge in [-0.05, 0) is 24.6 Å². The summed E-state index contributed by atoms with van der Waals surface area (Å²) in [6, 6.07) is 3.01. The van der Waals surface area contributed by atoms with Crippen LogP contribution >= 0.6 is 22.9 Å². The van der Waals surface area contributed by atoms with Gasteiger partial charge in [-0.25, -0.2) is 13.4 Å².